The SMILES string of the molecule is CC(N(C)C)[C]12[CH]3[C]4([Si](C)(C)C)[CH]5[C]1(P(c1ccccc1)c1ccccc1)[Fe]35241678[CH]2[CH]1[CH]6[CH]7[CH]28. The molecule has 10 saturated heterocycles. The van der Waals surface area contributed by atoms with Gasteiger partial charge in [0.05, 0.1) is 0 Å². The first-order chi connectivity index (χ1) is 15.5. The van der Waals surface area contributed by atoms with Gasteiger partial charge in [0.15, 0.2) is 0 Å². The molecule has 33 heavy (non-hydrogen) atoms. The summed E-state index contributed by atoms with van der Waals surface area (Å²) in [7, 11) is 3.40. The fraction of sp³-hybridized carbons (Fsp3) is 0.586. The molecule has 0 radical (unpaired) electrons. The molecule has 10 aliphatic heterocycles. The molecule has 4 heteroatoms. The molecule has 0 aliphatic carbocycles. The summed E-state index contributed by atoms with van der Waals surface area (Å²) in [6.07, 6.45) is 0. The van der Waals surface area contributed by atoms with Crippen LogP contribution in [0.25, 0.3) is 0 Å². The van der Waals surface area contributed by atoms with Crippen molar-refractivity contribution in [1.82, 2.24) is 4.90 Å². The Kier molecular flexibility index (Phi) is 1.16. The zero-order valence-corrected chi connectivity index (χ0v) is 23.6. The van der Waals surface area contributed by atoms with Crippen LogP contribution in [0.3, 0.4) is 0 Å². The van der Waals surface area contributed by atoms with Crippen LogP contribution in [0.2, 0.25) is 61.6 Å². The Morgan fingerprint density at radius 3 is 1.61 bits per heavy atom. The van der Waals surface area contributed by atoms with Crippen molar-refractivity contribution in [2.75, 3.05) is 14.1 Å². The van der Waals surface area contributed by atoms with E-state index in [0.29, 0.717) is 0 Å². The van der Waals surface area contributed by atoms with Gasteiger partial charge in [0.2, 0.25) is 0 Å². The van der Waals surface area contributed by atoms with E-state index in [-0.39, 0.29) is 7.92 Å². The van der Waals surface area contributed by atoms with Crippen LogP contribution in [-0.4, -0.2) is 37.2 Å². The van der Waals surface area contributed by atoms with Crippen LogP contribution in [0, 0.1) is 0 Å². The van der Waals surface area contributed by atoms with Crippen LogP contribution >= 0.6 is 7.92 Å². The monoisotopic (exact) mass is 513 g/mol. The molecule has 6 unspecified atom stereocenters. The number of rotatable bonds is 6. The minimum absolute atomic E-state index is 0.258. The van der Waals surface area contributed by atoms with Gasteiger partial charge in [-0.15, -0.1) is 0 Å². The van der Waals surface area contributed by atoms with Gasteiger partial charge in [0.1, 0.15) is 0 Å². The molecular formula is C29H36FeNPSi. The van der Waals surface area contributed by atoms with Crippen molar-refractivity contribution in [2.24, 2.45) is 0 Å². The van der Waals surface area contributed by atoms with Crippen molar-refractivity contribution >= 4 is 26.6 Å². The summed E-state index contributed by atoms with van der Waals surface area (Å²) >= 11 is 0. The van der Waals surface area contributed by atoms with Gasteiger partial charge in [-0.05, 0) is 0 Å². The van der Waals surface area contributed by atoms with Crippen LogP contribution in [0.1, 0.15) is 6.92 Å². The summed E-state index contributed by atoms with van der Waals surface area (Å²) in [5.41, 5.74) is 0. The summed E-state index contributed by atoms with van der Waals surface area (Å²) in [5.74, 6) is 0. The van der Waals surface area contributed by atoms with Gasteiger partial charge in [-0.3, -0.25) is 0 Å². The Morgan fingerprint density at radius 1 is 0.788 bits per heavy atom. The molecule has 2 aromatic carbocycles. The summed E-state index contributed by atoms with van der Waals surface area (Å²) in [6, 6.07) is 25.0. The van der Waals surface area contributed by atoms with Crippen molar-refractivity contribution in [1.29, 1.82) is 0 Å². The first-order valence-electron chi connectivity index (χ1n) is 13.3. The molecule has 0 aromatic heterocycles. The van der Waals surface area contributed by atoms with Crippen LogP contribution in [0.4, 0.5) is 0 Å². The summed E-state index contributed by atoms with van der Waals surface area (Å²) in [5, 5.41) is 3.48. The Balaban J connectivity index is 1.29. The fourth-order valence-corrected chi connectivity index (χ4v) is 144. The molecule has 12 rings (SSSR count). The zero-order chi connectivity index (χ0) is 22.3. The molecule has 0 saturated carbocycles. The molecule has 0 amide bonds. The second kappa shape index (κ2) is 2.25. The molecule has 174 valence electrons. The van der Waals surface area contributed by atoms with Crippen LogP contribution in [-0.2, 0) is 6.51 Å². The van der Waals surface area contributed by atoms with E-state index in [1.165, 1.54) is 33.7 Å². The number of fused-ring (bicyclic) bond motifs is 10. The maximum absolute atomic E-state index is 3.83. The Hall–Kier alpha value is -0.434. The van der Waals surface area contributed by atoms with E-state index in [1.807, 2.05) is 0 Å². The van der Waals surface area contributed by atoms with Gasteiger partial charge in [-0.2, -0.15) is 0 Å². The summed E-state index contributed by atoms with van der Waals surface area (Å²) in [6.45, 7) is 7.44. The van der Waals surface area contributed by atoms with Crippen molar-refractivity contribution in [2.45, 2.75) is 78.6 Å². The third kappa shape index (κ3) is 0.331. The number of benzene rings is 2. The topological polar surface area (TPSA) is 3.24 Å². The second-order valence-electron chi connectivity index (χ2n) is 16.8. The van der Waals surface area contributed by atoms with Crippen LogP contribution in [0.15, 0.2) is 60.7 Å². The molecular weight excluding hydrogens is 477 g/mol. The van der Waals surface area contributed by atoms with Crippen LogP contribution < -0.4 is 10.6 Å². The van der Waals surface area contributed by atoms with Gasteiger partial charge < -0.3 is 0 Å². The average molecular weight is 514 g/mol. The van der Waals surface area contributed by atoms with Gasteiger partial charge >= 0.3 is 191 Å². The van der Waals surface area contributed by atoms with E-state index in [2.05, 4.69) is 106 Å². The Morgan fingerprint density at radius 2 is 1.24 bits per heavy atom. The van der Waals surface area contributed by atoms with Crippen LogP contribution in [0.5, 0.6) is 0 Å². The van der Waals surface area contributed by atoms with Gasteiger partial charge in [-0.1, -0.05) is 0 Å². The molecule has 1 nitrogen and oxygen atoms in total. The molecule has 10 aliphatic rings. The number of hydrogen-bond donors (Lipinski definition) is 0. The summed E-state index contributed by atoms with van der Waals surface area (Å²) in [4.78, 5) is 11.9. The summed E-state index contributed by atoms with van der Waals surface area (Å²) < 4.78 is 2.59. The first kappa shape index (κ1) is 17.1. The van der Waals surface area contributed by atoms with Crippen molar-refractivity contribution in [3.63, 3.8) is 0 Å². The normalized spacial score (nSPS) is 73.4. The van der Waals surface area contributed by atoms with Crippen molar-refractivity contribution in [3.8, 4) is 0 Å². The van der Waals surface area contributed by atoms with E-state index in [4.69, 9.17) is 0 Å². The number of nitrogens with zero attached hydrogens (tertiary/aromatic N) is 1. The Bertz CT molecular complexity index is 1720. The quantitative estimate of drug-likeness (QED) is 0.298. The third-order valence-corrected chi connectivity index (χ3v) is 79.6. The predicted molar refractivity (Wildman–Crippen MR) is 140 cm³/mol. The van der Waals surface area contributed by atoms with E-state index < -0.39 is 14.6 Å². The molecule has 10 heterocycles. The molecule has 1 spiro atoms. The molecule has 6 atom stereocenters. The van der Waals surface area contributed by atoms with E-state index >= 15 is 0 Å². The molecule has 0 N–H and O–H groups in total. The second-order valence-corrected chi connectivity index (χ2v) is 48.3. The third-order valence-electron chi connectivity index (χ3n) is 19.9. The van der Waals surface area contributed by atoms with Crippen molar-refractivity contribution in [3.05, 3.63) is 60.7 Å². The molecule has 0 bridgehead atoms. The zero-order valence-electron chi connectivity index (χ0n) is 20.6. The standard InChI is InChI=1S/C24H31NPSi.C5H5.Fe/c1-19(25(2)3)23-17-22(27(4,5)6)18-24(23)26(20-13-9-7-10-14-20)21-15-11-8-12-16-21;1-2-4-5-3-1;/h7-19H,1-6H3;1-5H;. The van der Waals surface area contributed by atoms with E-state index in [0.717, 1.165) is 18.3 Å². The van der Waals surface area contributed by atoms with Gasteiger partial charge in [0, 0.05) is 0 Å². The van der Waals surface area contributed by atoms with Gasteiger partial charge in [-0.25, -0.2) is 0 Å². The fourth-order valence-electron chi connectivity index (χ4n) is 22.9. The average Bonchev–Trinajstić information content (AvgIpc) is 3.74. The minimum atomic E-state index is -3.83. The molecule has 10 fully saturated rings. The predicted octanol–water partition coefficient (Wildman–Crippen LogP) is 6.98. The number of hydrogen-bond acceptors (Lipinski definition) is 1. The Labute approximate surface area is 190 Å². The van der Waals surface area contributed by atoms with E-state index in [9.17, 15) is 0 Å². The molecule has 2 aromatic rings. The first-order valence-corrected chi connectivity index (χ1v) is 24.3. The van der Waals surface area contributed by atoms with Crippen molar-refractivity contribution < 1.29 is 6.51 Å². The van der Waals surface area contributed by atoms with E-state index in [1.54, 1.807) is 10.6 Å². The maximum atomic E-state index is 2.85. The van der Waals surface area contributed by atoms with Gasteiger partial charge in [0.25, 0.3) is 0 Å².